The maximum absolute atomic E-state index is 12.6. The molecule has 0 aliphatic rings. The largest absolute Gasteiger partial charge is 0.497 e. The molecule has 3 rings (SSSR count). The van der Waals surface area contributed by atoms with E-state index in [-0.39, 0.29) is 11.9 Å². The molecule has 0 radical (unpaired) electrons. The molecule has 0 bridgehead atoms. The van der Waals surface area contributed by atoms with Crippen molar-refractivity contribution in [3.8, 4) is 21.3 Å². The summed E-state index contributed by atoms with van der Waals surface area (Å²) >= 11 is 1.97. The van der Waals surface area contributed by atoms with Gasteiger partial charge in [-0.1, -0.05) is 42.3 Å². The molecule has 0 aliphatic carbocycles. The molecule has 26 heavy (non-hydrogen) atoms. The minimum Gasteiger partial charge on any atom is -0.497 e. The minimum atomic E-state index is -0.387. The Morgan fingerprint density at radius 2 is 1.77 bits per heavy atom. The van der Waals surface area contributed by atoms with Crippen molar-refractivity contribution in [2.24, 2.45) is 0 Å². The van der Waals surface area contributed by atoms with Crippen molar-refractivity contribution in [1.82, 2.24) is 0 Å². The smallest absolute Gasteiger partial charge is 0.318 e. The molecule has 0 fully saturated rings. The molecule has 4 heteroatoms. The van der Waals surface area contributed by atoms with Crippen LogP contribution >= 0.6 is 22.6 Å². The molecule has 0 aromatic heterocycles. The highest BCUT2D eigenvalue weighted by Gasteiger charge is 2.19. The number of ether oxygens (including phenoxy) is 2. The van der Waals surface area contributed by atoms with Crippen LogP contribution in [0.5, 0.6) is 11.5 Å². The zero-order valence-electron chi connectivity index (χ0n) is 14.5. The second-order valence-electron chi connectivity index (χ2n) is 5.83. The minimum absolute atomic E-state index is 0.305. The molecule has 0 unspecified atom stereocenters. The standard InChI is InChI=1S/C22H17IO3/c1-15(22(24)26-21-6-4-3-5-16(21)11-12-23)17-7-8-19-14-20(25-2)10-9-18(19)13-17/h3-10,13-15H,1-2H3/t15-/m0/s1. The molecule has 1 atom stereocenters. The van der Waals surface area contributed by atoms with Crippen molar-refractivity contribution >= 4 is 39.3 Å². The van der Waals surface area contributed by atoms with Gasteiger partial charge in [-0.05, 0) is 51.5 Å². The predicted molar refractivity (Wildman–Crippen MR) is 112 cm³/mol. The molecule has 3 nitrogen and oxygen atoms in total. The van der Waals surface area contributed by atoms with Gasteiger partial charge in [-0.15, -0.1) is 0 Å². The third-order valence-corrected chi connectivity index (χ3v) is 4.47. The van der Waals surface area contributed by atoms with Crippen molar-refractivity contribution in [3.63, 3.8) is 0 Å². The van der Waals surface area contributed by atoms with E-state index in [1.54, 1.807) is 13.2 Å². The fraction of sp³-hybridized carbons (Fsp3) is 0.136. The van der Waals surface area contributed by atoms with E-state index in [0.717, 1.165) is 22.1 Å². The van der Waals surface area contributed by atoms with Gasteiger partial charge in [0.1, 0.15) is 11.5 Å². The highest BCUT2D eigenvalue weighted by atomic mass is 127. The number of carbonyl (C=O) groups is 1. The van der Waals surface area contributed by atoms with Crippen LogP contribution in [0.3, 0.4) is 0 Å². The summed E-state index contributed by atoms with van der Waals surface area (Å²) in [5, 5.41) is 2.12. The summed E-state index contributed by atoms with van der Waals surface area (Å²) in [7, 11) is 1.65. The van der Waals surface area contributed by atoms with Crippen LogP contribution in [0, 0.1) is 9.85 Å². The number of rotatable bonds is 4. The van der Waals surface area contributed by atoms with Crippen LogP contribution in [-0.4, -0.2) is 13.1 Å². The van der Waals surface area contributed by atoms with Gasteiger partial charge in [0.05, 0.1) is 18.6 Å². The monoisotopic (exact) mass is 456 g/mol. The second-order valence-corrected chi connectivity index (χ2v) is 6.37. The molecule has 0 amide bonds. The lowest BCUT2D eigenvalue weighted by atomic mass is 9.98. The SMILES string of the molecule is COc1ccc2cc([C@H](C)C(=O)Oc3ccccc3C#CI)ccc2c1. The first kappa shape index (κ1) is 18.3. The normalized spacial score (nSPS) is 11.3. The number of esters is 1. The summed E-state index contributed by atoms with van der Waals surface area (Å²) in [5.41, 5.74) is 1.61. The summed E-state index contributed by atoms with van der Waals surface area (Å²) in [4.78, 5) is 12.6. The van der Waals surface area contributed by atoms with Gasteiger partial charge in [0, 0.05) is 22.6 Å². The van der Waals surface area contributed by atoms with Crippen LogP contribution in [0.4, 0.5) is 0 Å². The molecule has 130 valence electrons. The highest BCUT2D eigenvalue weighted by Crippen LogP contribution is 2.27. The maximum Gasteiger partial charge on any atom is 0.318 e. The summed E-state index contributed by atoms with van der Waals surface area (Å²) in [6.45, 7) is 1.85. The van der Waals surface area contributed by atoms with Gasteiger partial charge >= 0.3 is 5.97 Å². The molecule has 0 saturated heterocycles. The van der Waals surface area contributed by atoms with Gasteiger partial charge < -0.3 is 9.47 Å². The summed E-state index contributed by atoms with van der Waals surface area (Å²) in [5.74, 6) is 3.55. The van der Waals surface area contributed by atoms with Crippen LogP contribution in [0.2, 0.25) is 0 Å². The van der Waals surface area contributed by atoms with Crippen molar-refractivity contribution in [2.75, 3.05) is 7.11 Å². The maximum atomic E-state index is 12.6. The first-order chi connectivity index (χ1) is 12.6. The first-order valence-corrected chi connectivity index (χ1v) is 9.20. The number of halogens is 1. The van der Waals surface area contributed by atoms with Crippen LogP contribution in [0.25, 0.3) is 10.8 Å². The molecule has 0 heterocycles. The Morgan fingerprint density at radius 1 is 1.04 bits per heavy atom. The molecule has 3 aromatic carbocycles. The lowest BCUT2D eigenvalue weighted by Gasteiger charge is -2.13. The summed E-state index contributed by atoms with van der Waals surface area (Å²) < 4.78 is 13.7. The molecular formula is C22H17IO3. The van der Waals surface area contributed by atoms with Gasteiger partial charge in [-0.25, -0.2) is 0 Å². The van der Waals surface area contributed by atoms with E-state index < -0.39 is 0 Å². The van der Waals surface area contributed by atoms with Crippen molar-refractivity contribution in [1.29, 1.82) is 0 Å². The number of hydrogen-bond acceptors (Lipinski definition) is 3. The highest BCUT2D eigenvalue weighted by molar-refractivity contribution is 14.1. The first-order valence-electron chi connectivity index (χ1n) is 8.12. The second kappa shape index (κ2) is 8.24. The van der Waals surface area contributed by atoms with Crippen molar-refractivity contribution in [3.05, 3.63) is 71.8 Å². The lowest BCUT2D eigenvalue weighted by Crippen LogP contribution is -2.16. The Balaban J connectivity index is 1.84. The number of fused-ring (bicyclic) bond motifs is 1. The van der Waals surface area contributed by atoms with E-state index in [2.05, 4.69) is 9.85 Å². The Morgan fingerprint density at radius 3 is 2.54 bits per heavy atom. The van der Waals surface area contributed by atoms with Crippen LogP contribution < -0.4 is 9.47 Å². The third-order valence-electron chi connectivity index (χ3n) is 4.20. The molecule has 0 saturated carbocycles. The average molecular weight is 456 g/mol. The van der Waals surface area contributed by atoms with Gasteiger partial charge in [0.2, 0.25) is 0 Å². The van der Waals surface area contributed by atoms with Gasteiger partial charge in [0.25, 0.3) is 0 Å². The Labute approximate surface area is 166 Å². The average Bonchev–Trinajstić information content (AvgIpc) is 2.68. The third kappa shape index (κ3) is 4.00. The fourth-order valence-corrected chi connectivity index (χ4v) is 2.97. The Hall–Kier alpha value is -2.52. The molecule has 0 N–H and O–H groups in total. The predicted octanol–water partition coefficient (Wildman–Crippen LogP) is 5.30. The number of carbonyl (C=O) groups excluding carboxylic acids is 1. The molecule has 3 aromatic rings. The molecule has 0 spiro atoms. The Bertz CT molecular complexity index is 1010. The number of hydrogen-bond donors (Lipinski definition) is 0. The summed E-state index contributed by atoms with van der Waals surface area (Å²) in [6, 6.07) is 19.1. The quantitative estimate of drug-likeness (QED) is 0.231. The van der Waals surface area contributed by atoms with E-state index in [9.17, 15) is 4.79 Å². The van der Waals surface area contributed by atoms with Gasteiger partial charge in [-0.3, -0.25) is 4.79 Å². The van der Waals surface area contributed by atoms with Crippen molar-refractivity contribution in [2.45, 2.75) is 12.8 Å². The van der Waals surface area contributed by atoms with Crippen LogP contribution in [0.15, 0.2) is 60.7 Å². The lowest BCUT2D eigenvalue weighted by molar-refractivity contribution is -0.135. The van der Waals surface area contributed by atoms with E-state index >= 15 is 0 Å². The topological polar surface area (TPSA) is 35.5 Å². The van der Waals surface area contributed by atoms with Crippen molar-refractivity contribution < 1.29 is 14.3 Å². The number of methoxy groups -OCH3 is 1. The molecule has 0 aliphatic heterocycles. The van der Waals surface area contributed by atoms with Gasteiger partial charge in [0.15, 0.2) is 0 Å². The summed E-state index contributed by atoms with van der Waals surface area (Å²) in [6.07, 6.45) is 0. The van der Waals surface area contributed by atoms with Gasteiger partial charge in [-0.2, -0.15) is 0 Å². The van der Waals surface area contributed by atoms with E-state index in [1.165, 1.54) is 0 Å². The molecular weight excluding hydrogens is 439 g/mol. The van der Waals surface area contributed by atoms with Crippen LogP contribution in [-0.2, 0) is 4.79 Å². The van der Waals surface area contributed by atoms with Crippen LogP contribution in [0.1, 0.15) is 24.0 Å². The Kier molecular flexibility index (Phi) is 5.79. The zero-order chi connectivity index (χ0) is 18.5. The zero-order valence-corrected chi connectivity index (χ0v) is 16.6. The fourth-order valence-electron chi connectivity index (χ4n) is 2.68. The van der Waals surface area contributed by atoms with E-state index in [0.29, 0.717) is 11.3 Å². The number of benzene rings is 3. The van der Waals surface area contributed by atoms with E-state index in [4.69, 9.17) is 9.47 Å². The number of para-hydroxylation sites is 1. The van der Waals surface area contributed by atoms with E-state index in [1.807, 2.05) is 84.1 Å².